The fourth-order valence-corrected chi connectivity index (χ4v) is 1.22. The van der Waals surface area contributed by atoms with E-state index in [1.165, 1.54) is 0 Å². The molecule has 0 fully saturated rings. The Morgan fingerprint density at radius 1 is 1.53 bits per heavy atom. The number of H-pyrrole nitrogens is 1. The molecular formula is C8H5F3N2O6. The van der Waals surface area contributed by atoms with Gasteiger partial charge in [-0.15, -0.1) is 13.2 Å². The lowest BCUT2D eigenvalue weighted by molar-refractivity contribution is -0.387. The van der Waals surface area contributed by atoms with Gasteiger partial charge in [0, 0.05) is 6.20 Å². The van der Waals surface area contributed by atoms with E-state index < -0.39 is 46.2 Å². The van der Waals surface area contributed by atoms with Crippen LogP contribution < -0.4 is 10.2 Å². The van der Waals surface area contributed by atoms with Gasteiger partial charge in [-0.25, -0.2) is 0 Å². The Bertz CT molecular complexity index is 579. The molecule has 0 aliphatic heterocycles. The number of nitrogens with one attached hydrogen (secondary N) is 1. The summed E-state index contributed by atoms with van der Waals surface area (Å²) in [5.74, 6) is -2.84. The second kappa shape index (κ2) is 4.96. The van der Waals surface area contributed by atoms with Crippen molar-refractivity contribution in [2.75, 3.05) is 0 Å². The molecule has 0 unspecified atom stereocenters. The number of pyridine rings is 1. The number of aliphatic carboxylic acids is 1. The molecule has 8 nitrogen and oxygen atoms in total. The van der Waals surface area contributed by atoms with Crippen LogP contribution >= 0.6 is 0 Å². The molecule has 1 heterocycles. The fourth-order valence-electron chi connectivity index (χ4n) is 1.22. The predicted molar refractivity (Wildman–Crippen MR) is 51.7 cm³/mol. The lowest BCUT2D eigenvalue weighted by Crippen LogP contribution is -2.24. The third-order valence-electron chi connectivity index (χ3n) is 1.84. The normalized spacial score (nSPS) is 11.1. The molecule has 0 saturated heterocycles. The molecule has 11 heteroatoms. The summed E-state index contributed by atoms with van der Waals surface area (Å²) in [4.78, 5) is 33.1. The van der Waals surface area contributed by atoms with Crippen molar-refractivity contribution >= 4 is 11.7 Å². The maximum absolute atomic E-state index is 11.9. The van der Waals surface area contributed by atoms with E-state index in [-0.39, 0.29) is 0 Å². The summed E-state index contributed by atoms with van der Waals surface area (Å²) in [6.45, 7) is 0. The standard InChI is InChI=1S/C8H5F3N2O6/c9-8(10,11)19-4-2-12-3(1-5(14)15)6(7(4)16)13(17)18/h2H,1H2,(H,12,16)(H,14,15). The molecule has 0 saturated carbocycles. The topological polar surface area (TPSA) is 123 Å². The number of rotatable bonds is 4. The van der Waals surface area contributed by atoms with Gasteiger partial charge in [0.2, 0.25) is 0 Å². The van der Waals surface area contributed by atoms with Crippen molar-refractivity contribution in [3.8, 4) is 5.75 Å². The molecule has 2 N–H and O–H groups in total. The summed E-state index contributed by atoms with van der Waals surface area (Å²) in [5, 5.41) is 19.1. The minimum atomic E-state index is -5.20. The maximum atomic E-state index is 11.9. The Morgan fingerprint density at radius 3 is 2.53 bits per heavy atom. The quantitative estimate of drug-likeness (QED) is 0.622. The predicted octanol–water partition coefficient (Wildman–Crippen LogP) is 0.809. The van der Waals surface area contributed by atoms with Crippen molar-refractivity contribution in [3.63, 3.8) is 0 Å². The molecule has 1 aromatic heterocycles. The zero-order chi connectivity index (χ0) is 14.8. The van der Waals surface area contributed by atoms with Gasteiger partial charge in [0.25, 0.3) is 0 Å². The smallest absolute Gasteiger partial charge is 0.481 e. The zero-order valence-electron chi connectivity index (χ0n) is 8.85. The highest BCUT2D eigenvalue weighted by Gasteiger charge is 2.34. The first-order chi connectivity index (χ1) is 8.61. The van der Waals surface area contributed by atoms with E-state index in [9.17, 15) is 32.9 Å². The van der Waals surface area contributed by atoms with Crippen LogP contribution in [0.5, 0.6) is 5.75 Å². The average molecular weight is 282 g/mol. The summed E-state index contributed by atoms with van der Waals surface area (Å²) in [5.41, 5.74) is -3.58. The largest absolute Gasteiger partial charge is 0.573 e. The van der Waals surface area contributed by atoms with Crippen LogP contribution in [-0.2, 0) is 11.2 Å². The van der Waals surface area contributed by atoms with Crippen LogP contribution in [0.1, 0.15) is 5.69 Å². The molecule has 0 spiro atoms. The highest BCUT2D eigenvalue weighted by Crippen LogP contribution is 2.22. The first-order valence-electron chi connectivity index (χ1n) is 4.48. The van der Waals surface area contributed by atoms with E-state index in [2.05, 4.69) is 4.74 Å². The van der Waals surface area contributed by atoms with Gasteiger partial charge in [-0.05, 0) is 0 Å². The Labute approximate surface area is 101 Å². The van der Waals surface area contributed by atoms with Crippen LogP contribution in [0, 0.1) is 10.1 Å². The minimum Gasteiger partial charge on any atom is -0.481 e. The van der Waals surface area contributed by atoms with Gasteiger partial charge in [0.05, 0.1) is 11.3 Å². The summed E-state index contributed by atoms with van der Waals surface area (Å²) in [6.07, 6.45) is -5.70. The molecule has 104 valence electrons. The zero-order valence-corrected chi connectivity index (χ0v) is 8.85. The van der Waals surface area contributed by atoms with Gasteiger partial charge in [-0.2, -0.15) is 0 Å². The van der Waals surface area contributed by atoms with Crippen LogP contribution in [-0.4, -0.2) is 27.3 Å². The molecule has 0 atom stereocenters. The lowest BCUT2D eigenvalue weighted by atomic mass is 10.2. The first-order valence-corrected chi connectivity index (χ1v) is 4.48. The number of aromatic amines is 1. The summed E-state index contributed by atoms with van der Waals surface area (Å²) in [7, 11) is 0. The Balaban J connectivity index is 3.35. The van der Waals surface area contributed by atoms with Crippen molar-refractivity contribution in [2.24, 2.45) is 0 Å². The summed E-state index contributed by atoms with van der Waals surface area (Å²) in [6, 6.07) is 0. The SMILES string of the molecule is O=C(O)Cc1[nH]cc(OC(F)(F)F)c(=O)c1[N+](=O)[O-]. The number of nitro groups is 1. The van der Waals surface area contributed by atoms with Gasteiger partial charge in [0.15, 0.2) is 5.75 Å². The number of alkyl halides is 3. The Hall–Kier alpha value is -2.59. The van der Waals surface area contributed by atoms with E-state index in [1.807, 2.05) is 4.98 Å². The molecule has 0 radical (unpaired) electrons. The van der Waals surface area contributed by atoms with Gasteiger partial charge in [0.1, 0.15) is 5.69 Å². The van der Waals surface area contributed by atoms with Gasteiger partial charge >= 0.3 is 23.4 Å². The van der Waals surface area contributed by atoms with Crippen LogP contribution in [0.3, 0.4) is 0 Å². The summed E-state index contributed by atoms with van der Waals surface area (Å²) < 4.78 is 39.1. The van der Waals surface area contributed by atoms with Gasteiger partial charge in [-0.3, -0.25) is 19.7 Å². The first kappa shape index (κ1) is 14.5. The number of hydrogen-bond acceptors (Lipinski definition) is 5. The average Bonchev–Trinajstić information content (AvgIpc) is 2.19. The van der Waals surface area contributed by atoms with E-state index in [4.69, 9.17) is 5.11 Å². The van der Waals surface area contributed by atoms with Crippen LogP contribution in [0.2, 0.25) is 0 Å². The van der Waals surface area contributed by atoms with Crippen molar-refractivity contribution < 1.29 is 32.7 Å². The number of halogens is 3. The fraction of sp³-hybridized carbons (Fsp3) is 0.250. The number of carbonyl (C=O) groups is 1. The monoisotopic (exact) mass is 282 g/mol. The molecule has 19 heavy (non-hydrogen) atoms. The molecular weight excluding hydrogens is 277 g/mol. The van der Waals surface area contributed by atoms with E-state index >= 15 is 0 Å². The van der Waals surface area contributed by atoms with E-state index in [1.54, 1.807) is 0 Å². The van der Waals surface area contributed by atoms with Crippen LogP contribution in [0.15, 0.2) is 11.0 Å². The second-order valence-corrected chi connectivity index (χ2v) is 3.18. The number of carboxylic acids is 1. The molecule has 0 amide bonds. The van der Waals surface area contributed by atoms with Crippen molar-refractivity contribution in [2.45, 2.75) is 12.8 Å². The lowest BCUT2D eigenvalue weighted by Gasteiger charge is -2.08. The minimum absolute atomic E-state index is 0.418. The van der Waals surface area contributed by atoms with E-state index in [0.717, 1.165) is 0 Å². The van der Waals surface area contributed by atoms with Gasteiger partial charge in [-0.1, -0.05) is 0 Å². The summed E-state index contributed by atoms with van der Waals surface area (Å²) >= 11 is 0. The van der Waals surface area contributed by atoms with E-state index in [0.29, 0.717) is 6.20 Å². The highest BCUT2D eigenvalue weighted by atomic mass is 19.4. The molecule has 0 aromatic carbocycles. The van der Waals surface area contributed by atoms with Crippen LogP contribution in [0.4, 0.5) is 18.9 Å². The van der Waals surface area contributed by atoms with Crippen molar-refractivity contribution in [3.05, 3.63) is 32.2 Å². The molecule has 0 aliphatic carbocycles. The Kier molecular flexibility index (Phi) is 3.77. The number of hydrogen-bond donors (Lipinski definition) is 2. The number of aromatic nitrogens is 1. The van der Waals surface area contributed by atoms with Crippen molar-refractivity contribution in [1.29, 1.82) is 0 Å². The number of ether oxygens (including phenoxy) is 1. The van der Waals surface area contributed by atoms with Crippen LogP contribution in [0.25, 0.3) is 0 Å². The molecule has 1 rings (SSSR count). The maximum Gasteiger partial charge on any atom is 0.573 e. The number of carboxylic acid groups (broad SMARTS) is 1. The van der Waals surface area contributed by atoms with Crippen molar-refractivity contribution in [1.82, 2.24) is 4.98 Å². The molecule has 1 aromatic rings. The second-order valence-electron chi connectivity index (χ2n) is 3.18. The number of nitrogens with zero attached hydrogens (tertiary/aromatic N) is 1. The Morgan fingerprint density at radius 2 is 2.11 bits per heavy atom. The highest BCUT2D eigenvalue weighted by molar-refractivity contribution is 5.71. The molecule has 0 bridgehead atoms. The van der Waals surface area contributed by atoms with Gasteiger partial charge < -0.3 is 14.8 Å². The third kappa shape index (κ3) is 3.69. The third-order valence-corrected chi connectivity index (χ3v) is 1.84. The molecule has 0 aliphatic rings.